The Balaban J connectivity index is 1.38. The van der Waals surface area contributed by atoms with Gasteiger partial charge in [0.25, 0.3) is 5.91 Å². The van der Waals surface area contributed by atoms with E-state index in [2.05, 4.69) is 17.1 Å². The number of benzene rings is 2. The summed E-state index contributed by atoms with van der Waals surface area (Å²) in [5, 5.41) is 12.8. The number of amides is 1. The SMILES string of the molecule is CC1CC2CCN1CC2NC(=O)c1ccc(Sc2cccc(O)c2)cc1. The second-order valence-corrected chi connectivity index (χ2v) is 8.48. The molecule has 3 fully saturated rings. The molecule has 2 N–H and O–H groups in total. The normalized spacial score (nSPS) is 27.3. The van der Waals surface area contributed by atoms with Crippen LogP contribution < -0.4 is 5.32 Å². The standard InChI is InChI=1S/C21H24N2O2S/c1-14-11-16-9-10-23(14)13-20(16)22-21(25)15-5-7-18(8-6-15)26-19-4-2-3-17(24)12-19/h2-8,12,14,16,20,24H,9-11,13H2,1H3,(H,22,25). The number of hydrogen-bond donors (Lipinski definition) is 2. The Bertz CT molecular complexity index is 793. The summed E-state index contributed by atoms with van der Waals surface area (Å²) in [4.78, 5) is 17.1. The molecule has 2 aromatic carbocycles. The number of rotatable bonds is 4. The lowest BCUT2D eigenvalue weighted by molar-refractivity contribution is 0.0274. The molecular formula is C21H24N2O2S. The molecule has 1 amide bonds. The third-order valence-electron chi connectivity index (χ3n) is 5.54. The lowest BCUT2D eigenvalue weighted by atomic mass is 9.80. The zero-order valence-electron chi connectivity index (χ0n) is 14.9. The van der Waals surface area contributed by atoms with Crippen molar-refractivity contribution in [3.8, 4) is 5.75 Å². The highest BCUT2D eigenvalue weighted by molar-refractivity contribution is 7.99. The van der Waals surface area contributed by atoms with E-state index in [0.29, 0.717) is 17.5 Å². The first-order valence-electron chi connectivity index (χ1n) is 9.20. The molecule has 0 radical (unpaired) electrons. The molecule has 2 aromatic rings. The maximum atomic E-state index is 12.6. The Labute approximate surface area is 158 Å². The van der Waals surface area contributed by atoms with E-state index in [1.54, 1.807) is 23.9 Å². The zero-order valence-corrected chi connectivity index (χ0v) is 15.7. The van der Waals surface area contributed by atoms with Crippen molar-refractivity contribution in [3.05, 3.63) is 54.1 Å². The van der Waals surface area contributed by atoms with Crippen LogP contribution in [0.15, 0.2) is 58.3 Å². The van der Waals surface area contributed by atoms with Gasteiger partial charge in [0.15, 0.2) is 0 Å². The molecule has 3 aliphatic heterocycles. The molecule has 0 aromatic heterocycles. The van der Waals surface area contributed by atoms with E-state index in [4.69, 9.17) is 0 Å². The van der Waals surface area contributed by atoms with Crippen LogP contribution in [0, 0.1) is 5.92 Å². The molecule has 0 saturated carbocycles. The topological polar surface area (TPSA) is 52.6 Å². The molecule has 0 aliphatic carbocycles. The van der Waals surface area contributed by atoms with Crippen LogP contribution >= 0.6 is 11.8 Å². The fourth-order valence-electron chi connectivity index (χ4n) is 4.07. The Morgan fingerprint density at radius 2 is 2.00 bits per heavy atom. The minimum atomic E-state index is 0.0188. The molecule has 26 heavy (non-hydrogen) atoms. The Kier molecular flexibility index (Phi) is 4.92. The van der Waals surface area contributed by atoms with Gasteiger partial charge < -0.3 is 10.4 Å². The second kappa shape index (κ2) is 7.33. The smallest absolute Gasteiger partial charge is 0.251 e. The van der Waals surface area contributed by atoms with Gasteiger partial charge in [-0.15, -0.1) is 0 Å². The maximum absolute atomic E-state index is 12.6. The Morgan fingerprint density at radius 1 is 1.19 bits per heavy atom. The number of carbonyl (C=O) groups is 1. The fraction of sp³-hybridized carbons (Fsp3) is 0.381. The third-order valence-corrected chi connectivity index (χ3v) is 6.54. The van der Waals surface area contributed by atoms with Crippen molar-refractivity contribution in [3.63, 3.8) is 0 Å². The summed E-state index contributed by atoms with van der Waals surface area (Å²) in [6, 6.07) is 15.8. The number of aromatic hydroxyl groups is 1. The van der Waals surface area contributed by atoms with Gasteiger partial charge in [0, 0.05) is 34.0 Å². The largest absolute Gasteiger partial charge is 0.508 e. The molecule has 3 aliphatic rings. The van der Waals surface area contributed by atoms with Crippen LogP contribution in [0.25, 0.3) is 0 Å². The van der Waals surface area contributed by atoms with Gasteiger partial charge in [-0.3, -0.25) is 9.69 Å². The summed E-state index contributed by atoms with van der Waals surface area (Å²) >= 11 is 1.57. The maximum Gasteiger partial charge on any atom is 0.251 e. The van der Waals surface area contributed by atoms with Crippen molar-refractivity contribution in [1.29, 1.82) is 0 Å². The summed E-state index contributed by atoms with van der Waals surface area (Å²) < 4.78 is 0. The zero-order chi connectivity index (χ0) is 18.1. The molecule has 136 valence electrons. The lowest BCUT2D eigenvalue weighted by Crippen LogP contribution is -2.60. The highest BCUT2D eigenvalue weighted by atomic mass is 32.2. The monoisotopic (exact) mass is 368 g/mol. The van der Waals surface area contributed by atoms with Crippen molar-refractivity contribution in [2.45, 2.75) is 41.6 Å². The number of hydrogen-bond acceptors (Lipinski definition) is 4. The van der Waals surface area contributed by atoms with Gasteiger partial charge in [-0.25, -0.2) is 0 Å². The summed E-state index contributed by atoms with van der Waals surface area (Å²) in [5.74, 6) is 0.891. The van der Waals surface area contributed by atoms with E-state index in [-0.39, 0.29) is 17.7 Å². The molecule has 2 bridgehead atoms. The van der Waals surface area contributed by atoms with E-state index in [1.165, 1.54) is 19.4 Å². The summed E-state index contributed by atoms with van der Waals surface area (Å²) in [6.07, 6.45) is 2.37. The van der Waals surface area contributed by atoms with Crippen molar-refractivity contribution in [1.82, 2.24) is 10.2 Å². The van der Waals surface area contributed by atoms with Gasteiger partial charge in [0.2, 0.25) is 0 Å². The molecular weight excluding hydrogens is 344 g/mol. The van der Waals surface area contributed by atoms with Crippen LogP contribution in [0.2, 0.25) is 0 Å². The number of nitrogens with zero attached hydrogens (tertiary/aromatic N) is 1. The van der Waals surface area contributed by atoms with Crippen molar-refractivity contribution in [2.24, 2.45) is 5.92 Å². The van der Waals surface area contributed by atoms with Gasteiger partial charge in [0.05, 0.1) is 0 Å². The highest BCUT2D eigenvalue weighted by Crippen LogP contribution is 2.32. The van der Waals surface area contributed by atoms with E-state index in [9.17, 15) is 9.90 Å². The summed E-state index contributed by atoms with van der Waals surface area (Å²) in [5.41, 5.74) is 0.703. The molecule has 0 spiro atoms. The first kappa shape index (κ1) is 17.4. The van der Waals surface area contributed by atoms with Crippen LogP contribution in [0.1, 0.15) is 30.1 Å². The second-order valence-electron chi connectivity index (χ2n) is 7.33. The van der Waals surface area contributed by atoms with Gasteiger partial charge >= 0.3 is 0 Å². The number of carbonyl (C=O) groups excluding carboxylic acids is 1. The van der Waals surface area contributed by atoms with Crippen LogP contribution in [-0.2, 0) is 0 Å². The fourth-order valence-corrected chi connectivity index (χ4v) is 4.94. The number of piperidine rings is 3. The highest BCUT2D eigenvalue weighted by Gasteiger charge is 2.38. The van der Waals surface area contributed by atoms with Crippen LogP contribution in [0.4, 0.5) is 0 Å². The van der Waals surface area contributed by atoms with Gasteiger partial charge in [-0.05, 0) is 74.7 Å². The van der Waals surface area contributed by atoms with E-state index in [0.717, 1.165) is 16.3 Å². The molecule has 4 atom stereocenters. The molecule has 5 rings (SSSR count). The van der Waals surface area contributed by atoms with Gasteiger partial charge in [-0.2, -0.15) is 0 Å². The first-order valence-corrected chi connectivity index (χ1v) is 10.0. The summed E-state index contributed by atoms with van der Waals surface area (Å²) in [6.45, 7) is 4.43. The van der Waals surface area contributed by atoms with Crippen LogP contribution in [0.5, 0.6) is 5.75 Å². The van der Waals surface area contributed by atoms with Crippen LogP contribution in [-0.4, -0.2) is 41.1 Å². The van der Waals surface area contributed by atoms with Crippen LogP contribution in [0.3, 0.4) is 0 Å². The number of fused-ring (bicyclic) bond motifs is 3. The predicted octanol–water partition coefficient (Wildman–Crippen LogP) is 3.76. The summed E-state index contributed by atoms with van der Waals surface area (Å²) in [7, 11) is 0. The van der Waals surface area contributed by atoms with E-state index >= 15 is 0 Å². The molecule has 4 nitrogen and oxygen atoms in total. The van der Waals surface area contributed by atoms with E-state index < -0.39 is 0 Å². The van der Waals surface area contributed by atoms with E-state index in [1.807, 2.05) is 36.4 Å². The van der Waals surface area contributed by atoms with Crippen molar-refractivity contribution >= 4 is 17.7 Å². The minimum Gasteiger partial charge on any atom is -0.508 e. The Hall–Kier alpha value is -1.98. The third kappa shape index (κ3) is 3.74. The average molecular weight is 369 g/mol. The quantitative estimate of drug-likeness (QED) is 0.863. The molecule has 5 heteroatoms. The van der Waals surface area contributed by atoms with Gasteiger partial charge in [0.1, 0.15) is 5.75 Å². The lowest BCUT2D eigenvalue weighted by Gasteiger charge is -2.48. The Morgan fingerprint density at radius 3 is 2.65 bits per heavy atom. The van der Waals surface area contributed by atoms with Gasteiger partial charge in [-0.1, -0.05) is 17.8 Å². The molecule has 3 saturated heterocycles. The molecule has 3 heterocycles. The number of phenolic OH excluding ortho intramolecular Hbond substituents is 1. The van der Waals surface area contributed by atoms with Crippen molar-refractivity contribution in [2.75, 3.05) is 13.1 Å². The minimum absolute atomic E-state index is 0.0188. The molecule has 4 unspecified atom stereocenters. The average Bonchev–Trinajstić information content (AvgIpc) is 2.63. The predicted molar refractivity (Wildman–Crippen MR) is 104 cm³/mol. The first-order chi connectivity index (χ1) is 12.6. The number of nitrogens with one attached hydrogen (secondary N) is 1. The van der Waals surface area contributed by atoms with Crippen molar-refractivity contribution < 1.29 is 9.90 Å². The number of phenols is 1.